The molecule has 0 bridgehead atoms. The lowest BCUT2D eigenvalue weighted by molar-refractivity contribution is 0.405. The van der Waals surface area contributed by atoms with Crippen molar-refractivity contribution in [3.63, 3.8) is 0 Å². The van der Waals surface area contributed by atoms with E-state index in [2.05, 4.69) is 15.9 Å². The Balaban J connectivity index is 3.39. The molecule has 0 spiro atoms. The SMILES string of the molecule is CCc1cc(F)c(C)c(Br)c1OC. The fourth-order valence-electron chi connectivity index (χ4n) is 1.23. The third kappa shape index (κ3) is 1.85. The molecule has 0 fully saturated rings. The van der Waals surface area contributed by atoms with Crippen molar-refractivity contribution in [3.8, 4) is 5.75 Å². The van der Waals surface area contributed by atoms with E-state index in [1.54, 1.807) is 14.0 Å². The van der Waals surface area contributed by atoms with Crippen LogP contribution >= 0.6 is 15.9 Å². The molecule has 0 radical (unpaired) electrons. The number of ether oxygens (including phenoxy) is 1. The predicted molar refractivity (Wildman–Crippen MR) is 54.8 cm³/mol. The summed E-state index contributed by atoms with van der Waals surface area (Å²) in [4.78, 5) is 0. The van der Waals surface area contributed by atoms with E-state index in [1.165, 1.54) is 6.07 Å². The molecule has 0 N–H and O–H groups in total. The summed E-state index contributed by atoms with van der Waals surface area (Å²) in [6.07, 6.45) is 0.763. The first-order valence-corrected chi connectivity index (χ1v) is 4.92. The highest BCUT2D eigenvalue weighted by Crippen LogP contribution is 2.33. The van der Waals surface area contributed by atoms with Gasteiger partial charge in [0.15, 0.2) is 0 Å². The molecule has 0 amide bonds. The Hall–Kier alpha value is -0.570. The highest BCUT2D eigenvalue weighted by molar-refractivity contribution is 9.10. The summed E-state index contributed by atoms with van der Waals surface area (Å²) < 4.78 is 19.2. The highest BCUT2D eigenvalue weighted by atomic mass is 79.9. The summed E-state index contributed by atoms with van der Waals surface area (Å²) >= 11 is 3.32. The van der Waals surface area contributed by atoms with Gasteiger partial charge in [-0.15, -0.1) is 0 Å². The Morgan fingerprint density at radius 2 is 2.15 bits per heavy atom. The number of methoxy groups -OCH3 is 1. The molecule has 1 aromatic rings. The molecule has 72 valence electrons. The Kier molecular flexibility index (Phi) is 3.31. The molecule has 0 aliphatic heterocycles. The Labute approximate surface area is 86.0 Å². The lowest BCUT2D eigenvalue weighted by atomic mass is 10.1. The molecule has 3 heteroatoms. The molecule has 0 aromatic heterocycles. The van der Waals surface area contributed by atoms with Crippen molar-refractivity contribution >= 4 is 15.9 Å². The molecule has 0 atom stereocenters. The molecule has 1 rings (SSSR count). The van der Waals surface area contributed by atoms with Crippen LogP contribution < -0.4 is 4.74 Å². The number of hydrogen-bond donors (Lipinski definition) is 0. The van der Waals surface area contributed by atoms with Crippen molar-refractivity contribution in [1.29, 1.82) is 0 Å². The molecule has 0 aliphatic rings. The zero-order valence-electron chi connectivity index (χ0n) is 7.95. The normalized spacial score (nSPS) is 10.2. The third-order valence-corrected chi connectivity index (χ3v) is 3.02. The van der Waals surface area contributed by atoms with Crippen LogP contribution in [0.1, 0.15) is 18.1 Å². The minimum atomic E-state index is -0.190. The van der Waals surface area contributed by atoms with Crippen molar-refractivity contribution in [2.24, 2.45) is 0 Å². The van der Waals surface area contributed by atoms with Gasteiger partial charge in [0.1, 0.15) is 11.6 Å². The lowest BCUT2D eigenvalue weighted by Gasteiger charge is -2.11. The van der Waals surface area contributed by atoms with Crippen LogP contribution in [0.2, 0.25) is 0 Å². The van der Waals surface area contributed by atoms with Crippen LogP contribution in [0.15, 0.2) is 10.5 Å². The highest BCUT2D eigenvalue weighted by Gasteiger charge is 2.12. The number of halogens is 2. The van der Waals surface area contributed by atoms with Crippen molar-refractivity contribution < 1.29 is 9.13 Å². The summed E-state index contributed by atoms with van der Waals surface area (Å²) in [6, 6.07) is 1.53. The quantitative estimate of drug-likeness (QED) is 0.777. The molecule has 0 unspecified atom stereocenters. The zero-order valence-corrected chi connectivity index (χ0v) is 9.53. The second-order valence-electron chi connectivity index (χ2n) is 2.84. The first-order valence-electron chi connectivity index (χ1n) is 4.13. The molecular formula is C10H12BrFO. The maximum Gasteiger partial charge on any atom is 0.136 e. The Bertz CT molecular complexity index is 323. The van der Waals surface area contributed by atoms with E-state index in [4.69, 9.17) is 4.74 Å². The van der Waals surface area contributed by atoms with Gasteiger partial charge in [0.25, 0.3) is 0 Å². The van der Waals surface area contributed by atoms with E-state index in [1.807, 2.05) is 6.92 Å². The third-order valence-electron chi connectivity index (χ3n) is 2.06. The van der Waals surface area contributed by atoms with Gasteiger partial charge in [0, 0.05) is 5.56 Å². The number of aryl methyl sites for hydroxylation is 1. The van der Waals surface area contributed by atoms with Gasteiger partial charge in [-0.3, -0.25) is 0 Å². The van der Waals surface area contributed by atoms with E-state index < -0.39 is 0 Å². The second kappa shape index (κ2) is 4.09. The zero-order chi connectivity index (χ0) is 10.0. The number of hydrogen-bond acceptors (Lipinski definition) is 1. The number of benzene rings is 1. The van der Waals surface area contributed by atoms with Crippen molar-refractivity contribution in [3.05, 3.63) is 27.5 Å². The van der Waals surface area contributed by atoms with Gasteiger partial charge >= 0.3 is 0 Å². The molecule has 0 saturated carbocycles. The van der Waals surface area contributed by atoms with Gasteiger partial charge in [-0.25, -0.2) is 4.39 Å². The predicted octanol–water partition coefficient (Wildman–Crippen LogP) is 3.47. The van der Waals surface area contributed by atoms with Crippen LogP contribution in [0.4, 0.5) is 4.39 Å². The average molecular weight is 247 g/mol. The second-order valence-corrected chi connectivity index (χ2v) is 3.64. The summed E-state index contributed by atoms with van der Waals surface area (Å²) in [5.41, 5.74) is 1.48. The van der Waals surface area contributed by atoms with Crippen molar-refractivity contribution in [1.82, 2.24) is 0 Å². The Morgan fingerprint density at radius 3 is 2.62 bits per heavy atom. The topological polar surface area (TPSA) is 9.23 Å². The molecule has 0 aliphatic carbocycles. The Morgan fingerprint density at radius 1 is 1.54 bits per heavy atom. The van der Waals surface area contributed by atoms with Gasteiger partial charge in [-0.2, -0.15) is 0 Å². The monoisotopic (exact) mass is 246 g/mol. The van der Waals surface area contributed by atoms with Crippen LogP contribution in [-0.2, 0) is 6.42 Å². The van der Waals surface area contributed by atoms with E-state index in [9.17, 15) is 4.39 Å². The summed E-state index contributed by atoms with van der Waals surface area (Å²) in [5, 5.41) is 0. The van der Waals surface area contributed by atoms with Crippen LogP contribution in [0.3, 0.4) is 0 Å². The smallest absolute Gasteiger partial charge is 0.136 e. The standard InChI is InChI=1S/C10H12BrFO/c1-4-7-5-8(12)6(2)9(11)10(7)13-3/h5H,4H2,1-3H3. The number of rotatable bonds is 2. The minimum absolute atomic E-state index is 0.190. The first kappa shape index (κ1) is 10.5. The van der Waals surface area contributed by atoms with Crippen LogP contribution in [0.5, 0.6) is 5.75 Å². The summed E-state index contributed by atoms with van der Waals surface area (Å²) in [5.74, 6) is 0.547. The fourth-order valence-corrected chi connectivity index (χ4v) is 1.83. The van der Waals surface area contributed by atoms with Gasteiger partial charge in [-0.1, -0.05) is 6.92 Å². The minimum Gasteiger partial charge on any atom is -0.495 e. The van der Waals surface area contributed by atoms with E-state index in [-0.39, 0.29) is 5.82 Å². The molecule has 13 heavy (non-hydrogen) atoms. The van der Waals surface area contributed by atoms with E-state index >= 15 is 0 Å². The van der Waals surface area contributed by atoms with Gasteiger partial charge < -0.3 is 4.74 Å². The fraction of sp³-hybridized carbons (Fsp3) is 0.400. The summed E-state index contributed by atoms with van der Waals surface area (Å²) in [6.45, 7) is 3.69. The maximum absolute atomic E-state index is 13.3. The lowest BCUT2D eigenvalue weighted by Crippen LogP contribution is -1.96. The first-order chi connectivity index (χ1) is 6.11. The van der Waals surface area contributed by atoms with Crippen LogP contribution in [0, 0.1) is 12.7 Å². The average Bonchev–Trinajstić information content (AvgIpc) is 2.13. The van der Waals surface area contributed by atoms with Crippen LogP contribution in [0.25, 0.3) is 0 Å². The maximum atomic E-state index is 13.3. The molecule has 1 nitrogen and oxygen atoms in total. The summed E-state index contributed by atoms with van der Waals surface area (Å²) in [7, 11) is 1.59. The molecule has 0 heterocycles. The van der Waals surface area contributed by atoms with Crippen LogP contribution in [-0.4, -0.2) is 7.11 Å². The molecule has 0 saturated heterocycles. The molecule has 1 aromatic carbocycles. The van der Waals surface area contributed by atoms with E-state index in [0.717, 1.165) is 17.7 Å². The largest absolute Gasteiger partial charge is 0.495 e. The molecular weight excluding hydrogens is 235 g/mol. The van der Waals surface area contributed by atoms with Crippen molar-refractivity contribution in [2.75, 3.05) is 7.11 Å². The van der Waals surface area contributed by atoms with Gasteiger partial charge in [0.2, 0.25) is 0 Å². The van der Waals surface area contributed by atoms with Crippen molar-refractivity contribution in [2.45, 2.75) is 20.3 Å². The van der Waals surface area contributed by atoms with Gasteiger partial charge in [-0.05, 0) is 40.9 Å². The van der Waals surface area contributed by atoms with E-state index in [0.29, 0.717) is 10.0 Å². The van der Waals surface area contributed by atoms with Gasteiger partial charge in [0.05, 0.1) is 11.6 Å².